The maximum absolute atomic E-state index is 11.1. The smallest absolute Gasteiger partial charge is 0.266 e. The van der Waals surface area contributed by atoms with E-state index in [0.717, 1.165) is 16.7 Å². The Hall–Kier alpha value is -5.85. The van der Waals surface area contributed by atoms with Crippen molar-refractivity contribution in [3.63, 3.8) is 0 Å². The number of hydrogen-bond donors (Lipinski definition) is 0. The number of rotatable bonds is 8. The van der Waals surface area contributed by atoms with E-state index >= 15 is 0 Å². The molecule has 73 heavy (non-hydrogen) atoms. The van der Waals surface area contributed by atoms with Crippen LogP contribution in [0.15, 0.2) is 108 Å². The zero-order chi connectivity index (χ0) is 58.2. The van der Waals surface area contributed by atoms with Gasteiger partial charge in [-0.05, 0) is 95.5 Å². The van der Waals surface area contributed by atoms with Crippen LogP contribution < -0.4 is 20.6 Å². The second-order valence-electron chi connectivity index (χ2n) is 16.3. The first kappa shape index (κ1) is 78.6. The second-order valence-corrected chi connectivity index (χ2v) is 16.3. The lowest BCUT2D eigenvalue weighted by Gasteiger charge is -2.05. The zero-order valence-electron chi connectivity index (χ0n) is 51.9. The standard InChI is InChI=1S/2C9H13NO.2C8H12N2O.C7H12N2.C7H11N.6C2H6/c1-7(2)8-4-5-10-9(6-8)11-3;1-7(2)8-4-5-10(3)9(11)6-8;1-6(2)7-4-8(11-3)10-9-5-7;1-6(2)7-4-8(11)10(3)9-5-7;1-6(2)7-4-8-9(3)5-7;1-7(2)8-5-3-4-6-8;6*1-2/h2*4-7H,1-3H3;2*4-6H,1-3H3;4-6H,1-3H3;3-7H,1-2H3;6*1-2H3. The third-order valence-electron chi connectivity index (χ3n) is 9.23. The number of aryl methyl sites for hydroxylation is 3. The number of pyridine rings is 2. The quantitative estimate of drug-likeness (QED) is 0.146. The first-order valence-electron chi connectivity index (χ1n) is 26.9. The highest BCUT2D eigenvalue weighted by Crippen LogP contribution is 2.18. The molecule has 0 saturated heterocycles. The van der Waals surface area contributed by atoms with Crippen LogP contribution in [-0.2, 0) is 21.1 Å². The fraction of sp³-hybridized carbons (Fsp3) is 0.583. The summed E-state index contributed by atoms with van der Waals surface area (Å²) in [4.78, 5) is 26.2. The molecule has 6 rings (SSSR count). The van der Waals surface area contributed by atoms with Crippen LogP contribution in [0.1, 0.15) is 230 Å². The summed E-state index contributed by atoms with van der Waals surface area (Å²) in [6.45, 7) is 49.4. The minimum absolute atomic E-state index is 0.0452. The van der Waals surface area contributed by atoms with E-state index in [2.05, 4.69) is 112 Å². The topological polar surface area (TPSA) is 137 Å². The molecular weight excluding hydrogens is 911 g/mol. The summed E-state index contributed by atoms with van der Waals surface area (Å²) in [5, 5.41) is 15.5. The van der Waals surface area contributed by atoms with E-state index in [0.29, 0.717) is 47.4 Å². The summed E-state index contributed by atoms with van der Waals surface area (Å²) < 4.78 is 16.8. The van der Waals surface area contributed by atoms with Crippen molar-refractivity contribution < 1.29 is 9.47 Å². The Morgan fingerprint density at radius 2 is 0.877 bits per heavy atom. The van der Waals surface area contributed by atoms with E-state index in [9.17, 15) is 9.59 Å². The molecule has 0 radical (unpaired) electrons. The third-order valence-corrected chi connectivity index (χ3v) is 9.23. The van der Waals surface area contributed by atoms with E-state index in [4.69, 9.17) is 9.47 Å². The Labute approximate surface area is 447 Å². The molecule has 0 aliphatic heterocycles. The maximum atomic E-state index is 11.1. The predicted octanol–water partition coefficient (Wildman–Crippen LogP) is 16.0. The summed E-state index contributed by atoms with van der Waals surface area (Å²) in [5.74, 6) is 3.68. The van der Waals surface area contributed by atoms with Crippen molar-refractivity contribution in [2.75, 3.05) is 14.2 Å². The fourth-order valence-corrected chi connectivity index (χ4v) is 4.82. The van der Waals surface area contributed by atoms with Crippen LogP contribution in [0.5, 0.6) is 11.8 Å². The zero-order valence-corrected chi connectivity index (χ0v) is 51.9. The van der Waals surface area contributed by atoms with Gasteiger partial charge in [0.1, 0.15) is 0 Å². The van der Waals surface area contributed by atoms with E-state index in [-0.39, 0.29) is 11.1 Å². The van der Waals surface area contributed by atoms with Crippen LogP contribution in [0.3, 0.4) is 0 Å². The Balaban J connectivity index is -0.000000177. The highest BCUT2D eigenvalue weighted by molar-refractivity contribution is 5.23. The molecule has 0 amide bonds. The largest absolute Gasteiger partial charge is 0.481 e. The molecule has 418 valence electrons. The van der Waals surface area contributed by atoms with Crippen molar-refractivity contribution in [3.05, 3.63) is 147 Å². The molecule has 0 aromatic carbocycles. The van der Waals surface area contributed by atoms with Gasteiger partial charge in [0.05, 0.1) is 32.8 Å². The van der Waals surface area contributed by atoms with Gasteiger partial charge < -0.3 is 18.6 Å². The summed E-state index contributed by atoms with van der Waals surface area (Å²) in [5.41, 5.74) is 5.83. The molecule has 0 bridgehead atoms. The molecule has 13 nitrogen and oxygen atoms in total. The first-order chi connectivity index (χ1) is 34.7. The third kappa shape index (κ3) is 38.4. The van der Waals surface area contributed by atoms with Gasteiger partial charge in [0.2, 0.25) is 11.8 Å². The summed E-state index contributed by atoms with van der Waals surface area (Å²) in [6, 6.07) is 15.8. The van der Waals surface area contributed by atoms with Crippen LogP contribution in [-0.4, -0.2) is 58.1 Å². The number of aromatic nitrogens is 9. The molecule has 13 heteroatoms. The minimum Gasteiger partial charge on any atom is -0.481 e. The van der Waals surface area contributed by atoms with Gasteiger partial charge in [-0.1, -0.05) is 152 Å². The monoisotopic (exact) mass is 1020 g/mol. The highest BCUT2D eigenvalue weighted by atomic mass is 16.5. The number of methoxy groups -OCH3 is 2. The molecule has 0 unspecified atom stereocenters. The number of ether oxygens (including phenoxy) is 2. The van der Waals surface area contributed by atoms with Crippen LogP contribution in [0, 0.1) is 0 Å². The minimum atomic E-state index is -0.0452. The van der Waals surface area contributed by atoms with Crippen molar-refractivity contribution in [1.29, 1.82) is 0 Å². The van der Waals surface area contributed by atoms with Gasteiger partial charge in [-0.2, -0.15) is 15.3 Å². The van der Waals surface area contributed by atoms with E-state index in [1.807, 2.05) is 157 Å². The molecule has 0 aliphatic rings. The summed E-state index contributed by atoms with van der Waals surface area (Å²) in [7, 11) is 8.56. The molecule has 0 spiro atoms. The molecule has 0 aliphatic carbocycles. The van der Waals surface area contributed by atoms with Gasteiger partial charge in [0, 0.05) is 82.4 Å². The van der Waals surface area contributed by atoms with Crippen LogP contribution in [0.2, 0.25) is 0 Å². The van der Waals surface area contributed by atoms with Gasteiger partial charge in [-0.15, -0.1) is 5.10 Å². The lowest BCUT2D eigenvalue weighted by molar-refractivity contribution is 0.391. The molecule has 0 saturated carbocycles. The number of hydrogen-bond acceptors (Lipinski definition) is 9. The average molecular weight is 1020 g/mol. The predicted molar refractivity (Wildman–Crippen MR) is 317 cm³/mol. The van der Waals surface area contributed by atoms with E-state index in [1.54, 1.807) is 69.8 Å². The van der Waals surface area contributed by atoms with Gasteiger partial charge in [0.15, 0.2) is 0 Å². The summed E-state index contributed by atoms with van der Waals surface area (Å²) >= 11 is 0. The molecule has 6 aromatic rings. The maximum Gasteiger partial charge on any atom is 0.266 e. The van der Waals surface area contributed by atoms with Crippen molar-refractivity contribution in [2.45, 2.75) is 202 Å². The molecule has 6 aromatic heterocycles. The first-order valence-corrected chi connectivity index (χ1v) is 26.9. The molecular formula is C60H109N9O4. The highest BCUT2D eigenvalue weighted by Gasteiger charge is 2.03. The Morgan fingerprint density at radius 3 is 1.23 bits per heavy atom. The van der Waals surface area contributed by atoms with E-state index < -0.39 is 0 Å². The summed E-state index contributed by atoms with van der Waals surface area (Å²) in [6.07, 6.45) is 15.2. The lowest BCUT2D eigenvalue weighted by Crippen LogP contribution is -2.19. The van der Waals surface area contributed by atoms with Crippen molar-refractivity contribution >= 4 is 0 Å². The molecule has 0 N–H and O–H groups in total. The Kier molecular flexibility index (Phi) is 55.0. The van der Waals surface area contributed by atoms with Crippen molar-refractivity contribution in [1.82, 2.24) is 43.9 Å². The van der Waals surface area contributed by atoms with Gasteiger partial charge >= 0.3 is 0 Å². The van der Waals surface area contributed by atoms with Crippen LogP contribution >= 0.6 is 0 Å². The van der Waals surface area contributed by atoms with Crippen LogP contribution in [0.25, 0.3) is 0 Å². The second kappa shape index (κ2) is 51.1. The molecule has 0 atom stereocenters. The molecule has 0 fully saturated rings. The van der Waals surface area contributed by atoms with Crippen molar-refractivity contribution in [2.24, 2.45) is 21.1 Å². The Morgan fingerprint density at radius 1 is 0.466 bits per heavy atom. The Bertz CT molecular complexity index is 2090. The number of nitrogens with zero attached hydrogens (tertiary/aromatic N) is 9. The lowest BCUT2D eigenvalue weighted by atomic mass is 10.1. The van der Waals surface area contributed by atoms with Crippen LogP contribution in [0.4, 0.5) is 0 Å². The van der Waals surface area contributed by atoms with Gasteiger partial charge in [-0.25, -0.2) is 9.67 Å². The van der Waals surface area contributed by atoms with Gasteiger partial charge in [-0.3, -0.25) is 14.3 Å². The normalized spacial score (nSPS) is 9.19. The fourth-order valence-electron chi connectivity index (χ4n) is 4.82. The van der Waals surface area contributed by atoms with Gasteiger partial charge in [0.25, 0.3) is 11.1 Å². The average Bonchev–Trinajstić information content (AvgIpc) is 4.14. The molecule has 6 heterocycles. The SMILES string of the molecule is CC.CC.CC.CC.CC.CC.CC(C)c1ccn(C)c(=O)c1.CC(C)c1cnn(C)c(=O)c1.CC(C)c1cnn(C)c1.CC(C)n1cccc1.COc1cc(C(C)C)ccn1.COc1cc(C(C)C)cnn1. The van der Waals surface area contributed by atoms with Crippen molar-refractivity contribution in [3.8, 4) is 11.8 Å². The van der Waals surface area contributed by atoms with E-state index in [1.165, 1.54) is 15.8 Å².